The molecular weight excluding hydrogens is 274 g/mol. The molecule has 0 saturated carbocycles. The van der Waals surface area contributed by atoms with Gasteiger partial charge in [0.2, 0.25) is 0 Å². The van der Waals surface area contributed by atoms with E-state index in [9.17, 15) is 0 Å². The fourth-order valence-electron chi connectivity index (χ4n) is 1.36. The molecule has 86 valence electrons. The van der Waals surface area contributed by atoms with E-state index in [1.165, 1.54) is 0 Å². The molecule has 0 aliphatic carbocycles. The van der Waals surface area contributed by atoms with Gasteiger partial charge in [-0.05, 0) is 15.9 Å². The molecule has 2 aromatic rings. The lowest BCUT2D eigenvalue weighted by atomic mass is 10.3. The van der Waals surface area contributed by atoms with Crippen LogP contribution < -0.4 is 4.74 Å². The Bertz CT molecular complexity index is 495. The van der Waals surface area contributed by atoms with E-state index in [4.69, 9.17) is 13.9 Å². The summed E-state index contributed by atoms with van der Waals surface area (Å²) < 4.78 is 16.6. The van der Waals surface area contributed by atoms with Crippen molar-refractivity contribution < 1.29 is 13.9 Å². The first-order chi connectivity index (χ1) is 7.74. The van der Waals surface area contributed by atoms with Crippen LogP contribution in [0.4, 0.5) is 0 Å². The maximum Gasteiger partial charge on any atom is 0.195 e. The number of aryl methyl sites for hydroxylation is 1. The summed E-state index contributed by atoms with van der Waals surface area (Å²) in [4.78, 5) is 4.33. The largest absolute Gasteiger partial charge is 0.466 e. The molecule has 16 heavy (non-hydrogen) atoms. The summed E-state index contributed by atoms with van der Waals surface area (Å²) in [7, 11) is 1.58. The van der Waals surface area contributed by atoms with E-state index >= 15 is 0 Å². The molecule has 1 aromatic heterocycles. The molecule has 0 aliphatic rings. The van der Waals surface area contributed by atoms with Crippen LogP contribution in [0, 0.1) is 0 Å². The van der Waals surface area contributed by atoms with Crippen molar-refractivity contribution in [2.75, 3.05) is 13.9 Å². The third-order valence-corrected chi connectivity index (χ3v) is 2.74. The number of hydrogen-bond donors (Lipinski definition) is 0. The lowest BCUT2D eigenvalue weighted by Gasteiger charge is -2.05. The van der Waals surface area contributed by atoms with Gasteiger partial charge < -0.3 is 13.9 Å². The van der Waals surface area contributed by atoms with E-state index in [-0.39, 0.29) is 6.79 Å². The first-order valence-corrected chi connectivity index (χ1v) is 5.74. The average Bonchev–Trinajstić information content (AvgIpc) is 2.67. The fraction of sp³-hybridized carbons (Fsp3) is 0.364. The number of fused-ring (bicyclic) bond motifs is 1. The smallest absolute Gasteiger partial charge is 0.195 e. The molecule has 4 nitrogen and oxygen atoms in total. The summed E-state index contributed by atoms with van der Waals surface area (Å²) in [5, 5.41) is 0. The van der Waals surface area contributed by atoms with Crippen molar-refractivity contribution in [2.45, 2.75) is 13.3 Å². The molecule has 0 aliphatic heterocycles. The quantitative estimate of drug-likeness (QED) is 0.810. The van der Waals surface area contributed by atoms with Crippen molar-refractivity contribution in [1.82, 2.24) is 4.98 Å². The highest BCUT2D eigenvalue weighted by atomic mass is 79.9. The van der Waals surface area contributed by atoms with Crippen LogP contribution in [-0.2, 0) is 11.2 Å². The zero-order valence-corrected chi connectivity index (χ0v) is 10.7. The normalized spacial score (nSPS) is 10.9. The Kier molecular flexibility index (Phi) is 3.46. The van der Waals surface area contributed by atoms with Crippen LogP contribution in [0.3, 0.4) is 0 Å². The van der Waals surface area contributed by atoms with Crippen LogP contribution in [-0.4, -0.2) is 18.9 Å². The number of hydrogen-bond acceptors (Lipinski definition) is 4. The number of methoxy groups -OCH3 is 1. The molecule has 0 atom stereocenters. The molecule has 0 amide bonds. The van der Waals surface area contributed by atoms with Gasteiger partial charge in [-0.15, -0.1) is 0 Å². The van der Waals surface area contributed by atoms with Crippen LogP contribution in [0.1, 0.15) is 12.8 Å². The van der Waals surface area contributed by atoms with Gasteiger partial charge in [0.1, 0.15) is 11.3 Å². The molecule has 2 rings (SSSR count). The molecule has 0 radical (unpaired) electrons. The summed E-state index contributed by atoms with van der Waals surface area (Å²) >= 11 is 3.41. The Morgan fingerprint density at radius 3 is 2.94 bits per heavy atom. The predicted octanol–water partition coefficient (Wildman–Crippen LogP) is 3.14. The molecule has 1 heterocycles. The standard InChI is InChI=1S/C11H12BrNO3/c1-3-11-13-8-5-9(15-6-14-2)7(12)4-10(8)16-11/h4-5H,3,6H2,1-2H3. The van der Waals surface area contributed by atoms with Gasteiger partial charge in [0.05, 0.1) is 4.47 Å². The Hall–Kier alpha value is -1.07. The topological polar surface area (TPSA) is 44.5 Å². The molecule has 1 aromatic carbocycles. The van der Waals surface area contributed by atoms with Crippen molar-refractivity contribution in [1.29, 1.82) is 0 Å². The molecule has 5 heteroatoms. The fourth-order valence-corrected chi connectivity index (χ4v) is 1.80. The van der Waals surface area contributed by atoms with E-state index in [0.717, 1.165) is 27.9 Å². The van der Waals surface area contributed by atoms with Gasteiger partial charge in [0, 0.05) is 25.7 Å². The van der Waals surface area contributed by atoms with Gasteiger partial charge in [0.15, 0.2) is 18.3 Å². The van der Waals surface area contributed by atoms with Crippen molar-refractivity contribution >= 4 is 27.0 Å². The number of benzene rings is 1. The van der Waals surface area contributed by atoms with Gasteiger partial charge >= 0.3 is 0 Å². The second-order valence-electron chi connectivity index (χ2n) is 3.26. The van der Waals surface area contributed by atoms with Crippen molar-refractivity contribution in [3.05, 3.63) is 22.5 Å². The number of aromatic nitrogens is 1. The van der Waals surface area contributed by atoms with Crippen LogP contribution in [0.5, 0.6) is 5.75 Å². The number of oxazole rings is 1. The highest BCUT2D eigenvalue weighted by molar-refractivity contribution is 9.10. The van der Waals surface area contributed by atoms with Gasteiger partial charge in [-0.25, -0.2) is 4.98 Å². The molecule has 0 spiro atoms. The third kappa shape index (κ3) is 2.20. The molecular formula is C11H12BrNO3. The van der Waals surface area contributed by atoms with Crippen molar-refractivity contribution in [3.8, 4) is 5.75 Å². The first-order valence-electron chi connectivity index (χ1n) is 4.95. The van der Waals surface area contributed by atoms with Gasteiger partial charge in [0.25, 0.3) is 0 Å². The minimum atomic E-state index is 0.211. The van der Waals surface area contributed by atoms with Gasteiger partial charge in [-0.2, -0.15) is 0 Å². The maximum atomic E-state index is 5.53. The SMILES string of the molecule is CCc1nc2cc(OCOC)c(Br)cc2o1. The molecule has 0 unspecified atom stereocenters. The second kappa shape index (κ2) is 4.84. The number of rotatable bonds is 4. The minimum Gasteiger partial charge on any atom is -0.466 e. The zero-order valence-electron chi connectivity index (χ0n) is 9.12. The first kappa shape index (κ1) is 11.4. The molecule has 0 saturated heterocycles. The van der Waals surface area contributed by atoms with E-state index in [1.807, 2.05) is 19.1 Å². The third-order valence-electron chi connectivity index (χ3n) is 2.12. The monoisotopic (exact) mass is 285 g/mol. The van der Waals surface area contributed by atoms with Gasteiger partial charge in [-0.3, -0.25) is 0 Å². The summed E-state index contributed by atoms with van der Waals surface area (Å²) in [6.45, 7) is 2.21. The lowest BCUT2D eigenvalue weighted by molar-refractivity contribution is 0.0507. The molecule has 0 fully saturated rings. The summed E-state index contributed by atoms with van der Waals surface area (Å²) in [5.41, 5.74) is 1.56. The highest BCUT2D eigenvalue weighted by Crippen LogP contribution is 2.30. The average molecular weight is 286 g/mol. The van der Waals surface area contributed by atoms with E-state index in [2.05, 4.69) is 20.9 Å². The summed E-state index contributed by atoms with van der Waals surface area (Å²) in [6, 6.07) is 3.69. The van der Waals surface area contributed by atoms with Gasteiger partial charge in [-0.1, -0.05) is 6.92 Å². The van der Waals surface area contributed by atoms with E-state index in [1.54, 1.807) is 7.11 Å². The number of halogens is 1. The van der Waals surface area contributed by atoms with Crippen LogP contribution in [0.25, 0.3) is 11.1 Å². The highest BCUT2D eigenvalue weighted by Gasteiger charge is 2.09. The predicted molar refractivity (Wildman–Crippen MR) is 63.6 cm³/mol. The number of ether oxygens (including phenoxy) is 2. The van der Waals surface area contributed by atoms with E-state index < -0.39 is 0 Å². The maximum absolute atomic E-state index is 5.53. The Balaban J connectivity index is 2.40. The second-order valence-corrected chi connectivity index (χ2v) is 4.12. The Labute approximate surface area is 102 Å². The zero-order chi connectivity index (χ0) is 11.5. The number of nitrogens with zero attached hydrogens (tertiary/aromatic N) is 1. The molecule has 0 bridgehead atoms. The minimum absolute atomic E-state index is 0.211. The Morgan fingerprint density at radius 2 is 2.25 bits per heavy atom. The van der Waals surface area contributed by atoms with Crippen LogP contribution >= 0.6 is 15.9 Å². The van der Waals surface area contributed by atoms with Crippen molar-refractivity contribution in [3.63, 3.8) is 0 Å². The van der Waals surface area contributed by atoms with Crippen molar-refractivity contribution in [2.24, 2.45) is 0 Å². The lowest BCUT2D eigenvalue weighted by Crippen LogP contribution is -1.99. The Morgan fingerprint density at radius 1 is 1.44 bits per heavy atom. The summed E-state index contributed by atoms with van der Waals surface area (Å²) in [6.07, 6.45) is 0.778. The van der Waals surface area contributed by atoms with Crippen LogP contribution in [0.2, 0.25) is 0 Å². The van der Waals surface area contributed by atoms with E-state index in [0.29, 0.717) is 5.75 Å². The molecule has 0 N–H and O–H groups in total. The summed E-state index contributed by atoms with van der Waals surface area (Å²) in [5.74, 6) is 1.43. The van der Waals surface area contributed by atoms with Crippen LogP contribution in [0.15, 0.2) is 21.0 Å².